The molecule has 0 N–H and O–H groups in total. The highest BCUT2D eigenvalue weighted by molar-refractivity contribution is 5.89. The molecule has 0 spiro atoms. The van der Waals surface area contributed by atoms with E-state index in [9.17, 15) is 0 Å². The number of benzene rings is 6. The lowest BCUT2D eigenvalue weighted by Gasteiger charge is -2.41. The highest BCUT2D eigenvalue weighted by Gasteiger charge is 2.73. The molecule has 244 valence electrons. The zero-order valence-electron chi connectivity index (χ0n) is 26.7. The summed E-state index contributed by atoms with van der Waals surface area (Å²) in [6.45, 7) is 3.64. The van der Waals surface area contributed by atoms with Gasteiger partial charge in [0.2, 0.25) is 5.41 Å². The Kier molecular flexibility index (Phi) is 6.97. The monoisotopic (exact) mass is 660 g/mol. The molecule has 0 atom stereocenters. The van der Waals surface area contributed by atoms with Gasteiger partial charge in [-0.15, -0.1) is 0 Å². The summed E-state index contributed by atoms with van der Waals surface area (Å²) in [6, 6.07) is 33.1. The highest BCUT2D eigenvalue weighted by atomic mass is 19.4. The number of rotatable bonds is 4. The average Bonchev–Trinajstić information content (AvgIpc) is 3.62. The smallest absolute Gasteiger partial charge is 0.169 e. The second kappa shape index (κ2) is 11.0. The zero-order valence-corrected chi connectivity index (χ0v) is 26.7. The minimum Gasteiger partial charge on any atom is -0.169 e. The quantitative estimate of drug-likeness (QED) is 0.165. The predicted molar refractivity (Wildman–Crippen MR) is 183 cm³/mol. The summed E-state index contributed by atoms with van der Waals surface area (Å²) >= 11 is 0. The Labute approximate surface area is 280 Å². The molecule has 0 amide bonds. The van der Waals surface area contributed by atoms with Gasteiger partial charge in [0.1, 0.15) is 0 Å². The maximum absolute atomic E-state index is 16.1. The van der Waals surface area contributed by atoms with Crippen molar-refractivity contribution in [1.29, 1.82) is 0 Å². The third-order valence-corrected chi connectivity index (χ3v) is 10.2. The third-order valence-electron chi connectivity index (χ3n) is 10.2. The summed E-state index contributed by atoms with van der Waals surface area (Å²) in [7, 11) is 0. The van der Waals surface area contributed by atoms with E-state index in [-0.39, 0.29) is 11.1 Å². The van der Waals surface area contributed by atoms with E-state index in [1.54, 1.807) is 12.1 Å². The molecule has 0 unspecified atom stereocenters. The van der Waals surface area contributed by atoms with E-state index in [1.807, 2.05) is 74.5 Å². The second-order valence-electron chi connectivity index (χ2n) is 13.2. The fourth-order valence-corrected chi connectivity index (χ4v) is 8.24. The van der Waals surface area contributed by atoms with Gasteiger partial charge < -0.3 is 0 Å². The fourth-order valence-electron chi connectivity index (χ4n) is 8.24. The normalized spacial score (nSPS) is 13.6. The van der Waals surface area contributed by atoms with Gasteiger partial charge in [0.15, 0.2) is 0 Å². The number of hydrogen-bond acceptors (Lipinski definition) is 0. The molecule has 0 bridgehead atoms. The molecule has 0 saturated carbocycles. The Morgan fingerprint density at radius 3 is 1.06 bits per heavy atom. The second-order valence-corrected chi connectivity index (χ2v) is 13.2. The number of alkyl halides is 6. The number of fused-ring (bicyclic) bond motifs is 6. The molecule has 0 saturated heterocycles. The molecule has 0 nitrogen and oxygen atoms in total. The van der Waals surface area contributed by atoms with Crippen LogP contribution in [-0.2, 0) is 18.3 Å². The van der Waals surface area contributed by atoms with Gasteiger partial charge in [0.05, 0.1) is 0 Å². The Morgan fingerprint density at radius 1 is 0.388 bits per heavy atom. The molecule has 6 aromatic carbocycles. The van der Waals surface area contributed by atoms with Crippen molar-refractivity contribution in [3.63, 3.8) is 0 Å². The van der Waals surface area contributed by atoms with Crippen LogP contribution >= 0.6 is 0 Å². The minimum atomic E-state index is -5.76. The van der Waals surface area contributed by atoms with Gasteiger partial charge in [-0.2, -0.15) is 26.3 Å². The van der Waals surface area contributed by atoms with Crippen molar-refractivity contribution in [2.75, 3.05) is 0 Å². The van der Waals surface area contributed by atoms with Gasteiger partial charge in [0, 0.05) is 0 Å². The van der Waals surface area contributed by atoms with Gasteiger partial charge in [-0.3, -0.25) is 0 Å². The molecule has 49 heavy (non-hydrogen) atoms. The molecule has 2 aliphatic carbocycles. The molecular formula is C43H30F6. The van der Waals surface area contributed by atoms with Crippen molar-refractivity contribution >= 4 is 0 Å². The van der Waals surface area contributed by atoms with Crippen molar-refractivity contribution in [1.82, 2.24) is 0 Å². The van der Waals surface area contributed by atoms with E-state index in [1.165, 1.54) is 36.4 Å². The van der Waals surface area contributed by atoms with E-state index >= 15 is 26.3 Å². The molecule has 0 aromatic heterocycles. The summed E-state index contributed by atoms with van der Waals surface area (Å²) in [5.74, 6) is 0. The maximum atomic E-state index is 16.1. The van der Waals surface area contributed by atoms with Crippen LogP contribution in [0.25, 0.3) is 44.5 Å². The van der Waals surface area contributed by atoms with E-state index in [0.29, 0.717) is 24.0 Å². The molecule has 6 aromatic rings. The molecular weight excluding hydrogens is 630 g/mol. The Morgan fingerprint density at radius 2 is 0.694 bits per heavy atom. The minimum absolute atomic E-state index is 0.0819. The van der Waals surface area contributed by atoms with Crippen LogP contribution in [0.5, 0.6) is 0 Å². The Balaban J connectivity index is 1.44. The standard InChI is InChI=1S/C43H30F6/c1-25-19-33-29-13-5-3-11-27(29)23-37(33)35(21-25)31-15-7-9-17-39(31)41(42(44,45)46,43(47,48)49)40-18-10-8-16-32(40)36-22-26(2)20-34-30-14-6-4-12-28(30)24-38(34)36/h3-22H,23-24H2,1-2H3. The van der Waals surface area contributed by atoms with Crippen LogP contribution in [0.4, 0.5) is 26.3 Å². The summed E-state index contributed by atoms with van der Waals surface area (Å²) < 4.78 is 96.3. The first-order chi connectivity index (χ1) is 23.4. The highest BCUT2D eigenvalue weighted by Crippen LogP contribution is 2.61. The first-order valence-corrected chi connectivity index (χ1v) is 16.2. The van der Waals surface area contributed by atoms with Crippen LogP contribution in [0.1, 0.15) is 44.5 Å². The summed E-state index contributed by atoms with van der Waals surface area (Å²) in [4.78, 5) is 0. The predicted octanol–water partition coefficient (Wildman–Crippen LogP) is 12.2. The van der Waals surface area contributed by atoms with Crippen molar-refractivity contribution in [2.45, 2.75) is 44.5 Å². The SMILES string of the molecule is Cc1cc2c(c(-c3ccccc3C(c3ccccc3-c3cc(C)cc4c3Cc3ccccc3-4)(C(F)(F)F)C(F)(F)F)c1)Cc1ccccc1-2. The average molecular weight is 661 g/mol. The molecule has 0 radical (unpaired) electrons. The van der Waals surface area contributed by atoms with Gasteiger partial charge in [-0.25, -0.2) is 0 Å². The summed E-state index contributed by atoms with van der Waals surface area (Å²) in [5.41, 5.74) is 3.04. The molecule has 2 aliphatic rings. The van der Waals surface area contributed by atoms with Crippen molar-refractivity contribution < 1.29 is 26.3 Å². The fraction of sp³-hybridized carbons (Fsp3) is 0.163. The molecule has 0 fully saturated rings. The Hall–Kier alpha value is -5.10. The van der Waals surface area contributed by atoms with E-state index in [2.05, 4.69) is 0 Å². The van der Waals surface area contributed by atoms with Crippen molar-refractivity contribution in [3.8, 4) is 44.5 Å². The largest absolute Gasteiger partial charge is 0.411 e. The van der Waals surface area contributed by atoms with Crippen LogP contribution in [-0.4, -0.2) is 12.4 Å². The van der Waals surface area contributed by atoms with E-state index in [0.717, 1.165) is 67.8 Å². The van der Waals surface area contributed by atoms with Gasteiger partial charge in [-0.1, -0.05) is 121 Å². The zero-order chi connectivity index (χ0) is 34.3. The van der Waals surface area contributed by atoms with Gasteiger partial charge >= 0.3 is 12.4 Å². The van der Waals surface area contributed by atoms with Crippen LogP contribution < -0.4 is 0 Å². The first-order valence-electron chi connectivity index (χ1n) is 16.2. The summed E-state index contributed by atoms with van der Waals surface area (Å²) in [6.07, 6.45) is -10.7. The first kappa shape index (κ1) is 31.2. The molecule has 0 heterocycles. The van der Waals surface area contributed by atoms with E-state index in [4.69, 9.17) is 0 Å². The third kappa shape index (κ3) is 4.60. The lowest BCUT2D eigenvalue weighted by Crippen LogP contribution is -2.55. The van der Waals surface area contributed by atoms with E-state index < -0.39 is 28.9 Å². The van der Waals surface area contributed by atoms with Crippen LogP contribution in [0.15, 0.2) is 121 Å². The number of halogens is 6. The molecule has 8 rings (SSSR count). The number of aryl methyl sites for hydroxylation is 2. The van der Waals surface area contributed by atoms with Crippen molar-refractivity contribution in [3.05, 3.63) is 166 Å². The van der Waals surface area contributed by atoms with Crippen LogP contribution in [0, 0.1) is 13.8 Å². The number of hydrogen-bond donors (Lipinski definition) is 0. The van der Waals surface area contributed by atoms with Crippen LogP contribution in [0.2, 0.25) is 0 Å². The topological polar surface area (TPSA) is 0 Å². The lowest BCUT2D eigenvalue weighted by atomic mass is 9.67. The summed E-state index contributed by atoms with van der Waals surface area (Å²) in [5, 5.41) is 0. The Bertz CT molecular complexity index is 2130. The van der Waals surface area contributed by atoms with Gasteiger partial charge in [-0.05, 0) is 116 Å². The maximum Gasteiger partial charge on any atom is 0.411 e. The lowest BCUT2D eigenvalue weighted by molar-refractivity contribution is -0.288. The van der Waals surface area contributed by atoms with Crippen LogP contribution in [0.3, 0.4) is 0 Å². The molecule has 0 aliphatic heterocycles. The molecule has 6 heteroatoms. The van der Waals surface area contributed by atoms with Crippen molar-refractivity contribution in [2.24, 2.45) is 0 Å². The van der Waals surface area contributed by atoms with Gasteiger partial charge in [0.25, 0.3) is 0 Å².